The highest BCUT2D eigenvalue weighted by molar-refractivity contribution is 7.13. The smallest absolute Gasteiger partial charge is 0.144 e. The maximum absolute atomic E-state index is 5.74. The molecule has 3 aromatic rings. The molecule has 1 heterocycles. The first-order valence-corrected chi connectivity index (χ1v) is 6.18. The summed E-state index contributed by atoms with van der Waals surface area (Å²) in [6.07, 6.45) is 0. The topological polar surface area (TPSA) is 74.2 Å². The molecule has 3 rings (SSSR count). The second-order valence-electron chi connectivity index (χ2n) is 3.90. The van der Waals surface area contributed by atoms with E-state index in [-0.39, 0.29) is 0 Å². The third-order valence-corrected chi connectivity index (χ3v) is 3.39. The lowest BCUT2D eigenvalue weighted by molar-refractivity contribution is 0.484. The zero-order valence-electron chi connectivity index (χ0n) is 9.46. The summed E-state index contributed by atoms with van der Waals surface area (Å²) in [7, 11) is 0. The molecular formula is C13H11N3OS. The zero-order chi connectivity index (χ0) is 12.5. The van der Waals surface area contributed by atoms with Crippen LogP contribution in [0.4, 0.5) is 11.5 Å². The van der Waals surface area contributed by atoms with Gasteiger partial charge in [-0.2, -0.15) is 4.37 Å². The van der Waals surface area contributed by atoms with Crippen molar-refractivity contribution in [2.45, 2.75) is 0 Å². The Labute approximate surface area is 108 Å². The molecular weight excluding hydrogens is 246 g/mol. The van der Waals surface area contributed by atoms with Gasteiger partial charge in [-0.3, -0.25) is 0 Å². The van der Waals surface area contributed by atoms with Crippen LogP contribution in [0.15, 0.2) is 42.5 Å². The van der Waals surface area contributed by atoms with Crippen molar-refractivity contribution in [2.75, 3.05) is 11.5 Å². The van der Waals surface area contributed by atoms with Crippen LogP contribution in [0, 0.1) is 0 Å². The van der Waals surface area contributed by atoms with E-state index in [0.29, 0.717) is 17.3 Å². The van der Waals surface area contributed by atoms with E-state index in [1.807, 2.05) is 36.4 Å². The van der Waals surface area contributed by atoms with Gasteiger partial charge in [-0.1, -0.05) is 6.07 Å². The van der Waals surface area contributed by atoms with Gasteiger partial charge in [0.1, 0.15) is 17.3 Å². The molecule has 5 heteroatoms. The van der Waals surface area contributed by atoms with Crippen molar-refractivity contribution in [3.8, 4) is 11.5 Å². The van der Waals surface area contributed by atoms with Crippen LogP contribution in [-0.4, -0.2) is 4.37 Å². The fourth-order valence-electron chi connectivity index (χ4n) is 1.71. The Balaban J connectivity index is 1.95. The summed E-state index contributed by atoms with van der Waals surface area (Å²) >= 11 is 1.36. The highest BCUT2D eigenvalue weighted by atomic mass is 32.1. The minimum Gasteiger partial charge on any atom is -0.457 e. The van der Waals surface area contributed by atoms with Crippen LogP contribution in [0.2, 0.25) is 0 Å². The lowest BCUT2D eigenvalue weighted by atomic mass is 10.2. The first-order valence-electron chi connectivity index (χ1n) is 5.41. The van der Waals surface area contributed by atoms with Crippen LogP contribution in [0.5, 0.6) is 11.5 Å². The van der Waals surface area contributed by atoms with E-state index >= 15 is 0 Å². The van der Waals surface area contributed by atoms with Crippen LogP contribution < -0.4 is 16.2 Å². The summed E-state index contributed by atoms with van der Waals surface area (Å²) in [4.78, 5) is 0. The Morgan fingerprint density at radius 3 is 2.67 bits per heavy atom. The van der Waals surface area contributed by atoms with Crippen molar-refractivity contribution in [3.05, 3.63) is 42.5 Å². The highest BCUT2D eigenvalue weighted by Crippen LogP contribution is 2.30. The van der Waals surface area contributed by atoms with Crippen molar-refractivity contribution in [1.29, 1.82) is 0 Å². The predicted octanol–water partition coefficient (Wildman–Crippen LogP) is 3.25. The number of nitrogens with two attached hydrogens (primary N) is 2. The fraction of sp³-hybridized carbons (Fsp3) is 0. The summed E-state index contributed by atoms with van der Waals surface area (Å²) in [6.45, 7) is 0. The number of ether oxygens (including phenoxy) is 1. The number of rotatable bonds is 2. The third-order valence-electron chi connectivity index (χ3n) is 2.57. The molecule has 0 aliphatic rings. The number of fused-ring (bicyclic) bond motifs is 1. The second-order valence-corrected chi connectivity index (χ2v) is 4.71. The molecule has 0 aliphatic heterocycles. The van der Waals surface area contributed by atoms with Gasteiger partial charge in [-0.25, -0.2) is 0 Å². The van der Waals surface area contributed by atoms with Crippen LogP contribution in [0.3, 0.4) is 0 Å². The first kappa shape index (κ1) is 10.9. The molecule has 0 radical (unpaired) electrons. The quantitative estimate of drug-likeness (QED) is 0.691. The molecule has 4 nitrogen and oxygen atoms in total. The average molecular weight is 257 g/mol. The second kappa shape index (κ2) is 4.19. The highest BCUT2D eigenvalue weighted by Gasteiger charge is 2.05. The van der Waals surface area contributed by atoms with Crippen LogP contribution in [-0.2, 0) is 0 Å². The largest absolute Gasteiger partial charge is 0.457 e. The van der Waals surface area contributed by atoms with Gasteiger partial charge in [0.15, 0.2) is 0 Å². The lowest BCUT2D eigenvalue weighted by Crippen LogP contribution is -1.87. The summed E-state index contributed by atoms with van der Waals surface area (Å²) < 4.78 is 10.8. The number of anilines is 2. The van der Waals surface area contributed by atoms with E-state index in [2.05, 4.69) is 4.37 Å². The SMILES string of the molecule is Nc1cccc(Oc2ccc3c(N)nsc3c2)c1. The molecule has 0 saturated heterocycles. The molecule has 2 aromatic carbocycles. The predicted molar refractivity (Wildman–Crippen MR) is 75.0 cm³/mol. The molecule has 0 spiro atoms. The molecule has 1 aromatic heterocycles. The minimum atomic E-state index is 0.561. The van der Waals surface area contributed by atoms with E-state index < -0.39 is 0 Å². The summed E-state index contributed by atoms with van der Waals surface area (Å²) in [6, 6.07) is 13.0. The van der Waals surface area contributed by atoms with Crippen molar-refractivity contribution in [1.82, 2.24) is 4.37 Å². The van der Waals surface area contributed by atoms with Gasteiger partial charge in [0.05, 0.1) is 4.70 Å². The Morgan fingerprint density at radius 1 is 1.00 bits per heavy atom. The van der Waals surface area contributed by atoms with Gasteiger partial charge in [0, 0.05) is 23.2 Å². The average Bonchev–Trinajstić information content (AvgIpc) is 2.71. The molecule has 0 saturated carbocycles. The molecule has 0 unspecified atom stereocenters. The monoisotopic (exact) mass is 257 g/mol. The Kier molecular flexibility index (Phi) is 2.53. The zero-order valence-corrected chi connectivity index (χ0v) is 10.3. The number of hydrogen-bond donors (Lipinski definition) is 2. The van der Waals surface area contributed by atoms with Gasteiger partial charge in [0.25, 0.3) is 0 Å². The lowest BCUT2D eigenvalue weighted by Gasteiger charge is -2.06. The summed E-state index contributed by atoms with van der Waals surface area (Å²) in [5.41, 5.74) is 12.1. The van der Waals surface area contributed by atoms with Crippen LogP contribution in [0.1, 0.15) is 0 Å². The number of aromatic nitrogens is 1. The maximum Gasteiger partial charge on any atom is 0.144 e. The first-order chi connectivity index (χ1) is 8.72. The van der Waals surface area contributed by atoms with Gasteiger partial charge in [0.2, 0.25) is 0 Å². The van der Waals surface area contributed by atoms with Crippen LogP contribution in [0.25, 0.3) is 10.1 Å². The van der Waals surface area contributed by atoms with E-state index in [4.69, 9.17) is 16.2 Å². The Bertz CT molecular complexity index is 708. The summed E-state index contributed by atoms with van der Waals surface area (Å²) in [5, 5.41) is 0.958. The van der Waals surface area contributed by atoms with Crippen molar-refractivity contribution < 1.29 is 4.74 Å². The van der Waals surface area contributed by atoms with E-state index in [9.17, 15) is 0 Å². The van der Waals surface area contributed by atoms with Crippen molar-refractivity contribution in [2.24, 2.45) is 0 Å². The Morgan fingerprint density at radius 2 is 1.83 bits per heavy atom. The molecule has 0 amide bonds. The number of benzene rings is 2. The molecule has 18 heavy (non-hydrogen) atoms. The molecule has 0 bridgehead atoms. The normalized spacial score (nSPS) is 10.7. The van der Waals surface area contributed by atoms with E-state index in [1.165, 1.54) is 11.5 Å². The van der Waals surface area contributed by atoms with Crippen LogP contribution >= 0.6 is 11.5 Å². The van der Waals surface area contributed by atoms with Gasteiger partial charge >= 0.3 is 0 Å². The van der Waals surface area contributed by atoms with Gasteiger partial charge in [-0.05, 0) is 35.8 Å². The maximum atomic E-state index is 5.74. The number of hydrogen-bond acceptors (Lipinski definition) is 5. The molecule has 0 fully saturated rings. The van der Waals surface area contributed by atoms with Gasteiger partial charge in [-0.15, -0.1) is 0 Å². The van der Waals surface area contributed by atoms with E-state index in [0.717, 1.165) is 15.8 Å². The molecule has 0 aliphatic carbocycles. The standard InChI is InChI=1S/C13H11N3OS/c14-8-2-1-3-9(6-8)17-10-4-5-11-12(7-10)18-16-13(11)15/h1-7H,14H2,(H2,15,16). The minimum absolute atomic E-state index is 0.561. The number of nitrogen functional groups attached to an aromatic ring is 2. The van der Waals surface area contributed by atoms with Crippen molar-refractivity contribution >= 4 is 33.1 Å². The number of nitrogens with zero attached hydrogens (tertiary/aromatic N) is 1. The third kappa shape index (κ3) is 1.96. The Hall–Kier alpha value is -2.27. The molecule has 90 valence electrons. The van der Waals surface area contributed by atoms with E-state index in [1.54, 1.807) is 6.07 Å². The fourth-order valence-corrected chi connectivity index (χ4v) is 2.45. The molecule has 4 N–H and O–H groups in total. The van der Waals surface area contributed by atoms with Gasteiger partial charge < -0.3 is 16.2 Å². The summed E-state index contributed by atoms with van der Waals surface area (Å²) in [5.74, 6) is 2.02. The molecule has 0 atom stereocenters. The van der Waals surface area contributed by atoms with Crippen molar-refractivity contribution in [3.63, 3.8) is 0 Å².